The molecule has 0 saturated carbocycles. The van der Waals surface area contributed by atoms with Crippen molar-refractivity contribution in [3.05, 3.63) is 29.8 Å². The SMILES string of the molecule is CS[C@H](C)[C@@H]1NC(=O)CNC(=O)[C@@H]2Cc3c([nH]c4ccccc34)SC[C@H](NC(=O)CNC1=O)C(=O)N[C@@H](CC(N)=O)C(=O)N1C[C@H](O)C[C@H]1C(=O)N[C@@H]([C@@H](C)[C@@H](O)CO)C(=O)N2. The zero-order chi connectivity index (χ0) is 45.4. The number of aliphatic hydroxyl groups excluding tert-OH is 3. The lowest BCUT2D eigenvalue weighted by molar-refractivity contribution is -0.144. The maximum atomic E-state index is 14.4. The van der Waals surface area contributed by atoms with Gasteiger partial charge in [0.15, 0.2) is 0 Å². The van der Waals surface area contributed by atoms with E-state index in [9.17, 15) is 58.5 Å². The van der Waals surface area contributed by atoms with Crippen molar-refractivity contribution >= 4 is 87.6 Å². The van der Waals surface area contributed by atoms with Crippen LogP contribution in [0.25, 0.3) is 10.9 Å². The molecule has 0 spiro atoms. The second kappa shape index (κ2) is 21.1. The molecule has 2 aromatic rings. The maximum Gasteiger partial charge on any atom is 0.246 e. The predicted molar refractivity (Wildman–Crippen MR) is 224 cm³/mol. The number of para-hydroxylation sites is 1. The summed E-state index contributed by atoms with van der Waals surface area (Å²) in [4.78, 5) is 128. The minimum Gasteiger partial charge on any atom is -0.394 e. The largest absolute Gasteiger partial charge is 0.394 e. The highest BCUT2D eigenvalue weighted by molar-refractivity contribution is 7.99. The summed E-state index contributed by atoms with van der Waals surface area (Å²) in [6, 6.07) is -2.16. The van der Waals surface area contributed by atoms with E-state index in [1.165, 1.54) is 18.7 Å². The molecule has 3 aliphatic rings. The first-order chi connectivity index (χ1) is 29.4. The number of fused-ring (bicyclic) bond motifs is 5. The molecule has 2 bridgehead atoms. The van der Waals surface area contributed by atoms with Gasteiger partial charge in [0.25, 0.3) is 0 Å². The molecule has 22 nitrogen and oxygen atoms in total. The van der Waals surface area contributed by atoms with Crippen molar-refractivity contribution in [3.8, 4) is 0 Å². The van der Waals surface area contributed by atoms with Gasteiger partial charge in [-0.1, -0.05) is 32.0 Å². The third-order valence-electron chi connectivity index (χ3n) is 10.9. The Morgan fingerprint density at radius 1 is 0.871 bits per heavy atom. The number of nitrogens with zero attached hydrogens (tertiary/aromatic N) is 1. The maximum absolute atomic E-state index is 14.4. The van der Waals surface area contributed by atoms with Crippen LogP contribution in [0.1, 0.15) is 32.3 Å². The number of carbonyl (C=O) groups is 9. The van der Waals surface area contributed by atoms with E-state index in [1.54, 1.807) is 37.4 Å². The van der Waals surface area contributed by atoms with E-state index < -0.39 is 145 Å². The molecule has 1 aromatic heterocycles. The number of aromatic nitrogens is 1. The van der Waals surface area contributed by atoms with Crippen LogP contribution in [0, 0.1) is 5.92 Å². The van der Waals surface area contributed by atoms with Crippen molar-refractivity contribution in [2.24, 2.45) is 11.7 Å². The number of rotatable bonds is 7. The molecule has 0 unspecified atom stereocenters. The van der Waals surface area contributed by atoms with Crippen molar-refractivity contribution in [2.75, 3.05) is 38.2 Å². The third-order valence-corrected chi connectivity index (χ3v) is 13.1. The number of hydrogen-bond donors (Lipinski definition) is 12. The van der Waals surface area contributed by atoms with E-state index in [4.69, 9.17) is 5.73 Å². The molecule has 0 radical (unpaired) electrons. The summed E-state index contributed by atoms with van der Waals surface area (Å²) < 4.78 is 0. The summed E-state index contributed by atoms with van der Waals surface area (Å²) >= 11 is 2.25. The van der Waals surface area contributed by atoms with Crippen molar-refractivity contribution in [1.29, 1.82) is 0 Å². The molecule has 1 aromatic carbocycles. The van der Waals surface area contributed by atoms with Gasteiger partial charge in [-0.25, -0.2) is 0 Å². The van der Waals surface area contributed by atoms with E-state index >= 15 is 0 Å². The Balaban J connectivity index is 1.69. The first-order valence-electron chi connectivity index (χ1n) is 19.8. The van der Waals surface area contributed by atoms with E-state index in [2.05, 4.69) is 42.2 Å². The van der Waals surface area contributed by atoms with E-state index in [-0.39, 0.29) is 18.6 Å². The molecule has 3 aliphatic heterocycles. The van der Waals surface area contributed by atoms with Crippen LogP contribution < -0.4 is 43.0 Å². The molecule has 1 saturated heterocycles. The monoisotopic (exact) mass is 904 g/mol. The van der Waals surface area contributed by atoms with E-state index in [1.807, 2.05) is 0 Å². The zero-order valence-corrected chi connectivity index (χ0v) is 35.7. The summed E-state index contributed by atoms with van der Waals surface area (Å²) in [5.41, 5.74) is 6.53. The van der Waals surface area contributed by atoms with Gasteiger partial charge in [-0.2, -0.15) is 11.8 Å². The Morgan fingerprint density at radius 2 is 1.55 bits per heavy atom. The van der Waals surface area contributed by atoms with Crippen LogP contribution >= 0.6 is 23.5 Å². The molecule has 1 fully saturated rings. The molecule has 5 rings (SSSR count). The second-order valence-electron chi connectivity index (χ2n) is 15.3. The molecule has 9 amide bonds. The first kappa shape index (κ1) is 47.6. The number of carbonyl (C=O) groups excluding carboxylic acids is 9. The Morgan fingerprint density at radius 3 is 2.23 bits per heavy atom. The van der Waals surface area contributed by atoms with Crippen LogP contribution in [0.5, 0.6) is 0 Å². The molecule has 62 heavy (non-hydrogen) atoms. The summed E-state index contributed by atoms with van der Waals surface area (Å²) in [6.07, 6.45) is -2.57. The van der Waals surface area contributed by atoms with Gasteiger partial charge < -0.3 is 68.2 Å². The van der Waals surface area contributed by atoms with Crippen LogP contribution in [0.2, 0.25) is 0 Å². The van der Waals surface area contributed by atoms with Crippen molar-refractivity contribution < 1.29 is 58.5 Å². The molecular formula is C38H52N10O12S2. The number of nitrogens with one attached hydrogen (secondary N) is 8. The van der Waals surface area contributed by atoms with Gasteiger partial charge in [0.2, 0.25) is 53.2 Å². The summed E-state index contributed by atoms with van der Waals surface area (Å²) in [5, 5.41) is 49.4. The number of hydrogen-bond acceptors (Lipinski definition) is 14. The topological polar surface area (TPSA) is 344 Å². The Kier molecular flexibility index (Phi) is 16.2. The fraction of sp³-hybridized carbons (Fsp3) is 0.553. The molecule has 13 N–H and O–H groups in total. The molecular weight excluding hydrogens is 853 g/mol. The number of thioether (sulfide) groups is 2. The average Bonchev–Trinajstić information content (AvgIpc) is 3.81. The zero-order valence-electron chi connectivity index (χ0n) is 34.1. The molecule has 4 heterocycles. The smallest absolute Gasteiger partial charge is 0.246 e. The number of H-pyrrole nitrogens is 1. The van der Waals surface area contributed by atoms with Gasteiger partial charge >= 0.3 is 0 Å². The summed E-state index contributed by atoms with van der Waals surface area (Å²) in [6.45, 7) is 0.397. The van der Waals surface area contributed by atoms with Gasteiger partial charge in [-0.15, -0.1) is 11.8 Å². The minimum atomic E-state index is -1.72. The highest BCUT2D eigenvalue weighted by atomic mass is 32.2. The molecule has 24 heteroatoms. The Labute approximate surface area is 363 Å². The summed E-state index contributed by atoms with van der Waals surface area (Å²) in [5.74, 6) is -9.76. The molecule has 0 aliphatic carbocycles. The van der Waals surface area contributed by atoms with Crippen molar-refractivity contribution in [1.82, 2.24) is 47.1 Å². The fourth-order valence-corrected chi connectivity index (χ4v) is 8.93. The number of aromatic amines is 1. The fourth-order valence-electron chi connectivity index (χ4n) is 7.35. The van der Waals surface area contributed by atoms with Crippen LogP contribution in [0.3, 0.4) is 0 Å². The number of aliphatic hydroxyl groups is 3. The van der Waals surface area contributed by atoms with E-state index in [0.717, 1.165) is 16.7 Å². The number of nitrogens with two attached hydrogens (primary N) is 1. The van der Waals surface area contributed by atoms with Crippen molar-refractivity contribution in [3.63, 3.8) is 0 Å². The lowest BCUT2D eigenvalue weighted by Crippen LogP contribution is -2.62. The lowest BCUT2D eigenvalue weighted by atomic mass is 9.94. The predicted octanol–water partition coefficient (Wildman–Crippen LogP) is -4.94. The lowest BCUT2D eigenvalue weighted by Gasteiger charge is -2.32. The van der Waals surface area contributed by atoms with Gasteiger partial charge in [-0.05, 0) is 17.9 Å². The highest BCUT2D eigenvalue weighted by Crippen LogP contribution is 2.32. The van der Waals surface area contributed by atoms with Gasteiger partial charge in [0.1, 0.15) is 36.3 Å². The minimum absolute atomic E-state index is 0.250. The number of amides is 9. The molecule has 10 atom stereocenters. The standard InChI is InChI=1S/C38H52N10O12S2/c1-16(26(51)14-49)30-36(59)43-22-9-20-19-6-4-5-7-21(19)45-37(20)62-15-24(42-28(53)11-41-35(58)31(17(2)61-3)46-29(54)12-40-32(22)55)33(56)44-23(10-27(39)52)38(60)48-13-18(50)8-25(48)34(57)47-30/h4-7,16-18,22-26,30-31,45,49-51H,8-15H2,1-3H3,(H2,39,52)(H,40,55)(H,41,58)(H,42,53)(H,43,59)(H,44,56)(H,46,54)(H,47,57)/t16-,17+,18+,22-,23-,24-,25-,26-,30-,31-/m0/s1. The van der Waals surface area contributed by atoms with Crippen LogP contribution in [0.4, 0.5) is 0 Å². The quantitative estimate of drug-likeness (QED) is 0.124. The third kappa shape index (κ3) is 11.5. The van der Waals surface area contributed by atoms with Crippen LogP contribution in [-0.2, 0) is 49.6 Å². The summed E-state index contributed by atoms with van der Waals surface area (Å²) in [7, 11) is 0. The van der Waals surface area contributed by atoms with E-state index in [0.29, 0.717) is 21.5 Å². The van der Waals surface area contributed by atoms with Gasteiger partial charge in [0, 0.05) is 47.2 Å². The van der Waals surface area contributed by atoms with Gasteiger partial charge in [-0.3, -0.25) is 43.2 Å². The van der Waals surface area contributed by atoms with Crippen molar-refractivity contribution in [2.45, 2.75) is 91.8 Å². The normalized spacial score (nSPS) is 27.8. The number of primary amides is 1. The Hall–Kier alpha value is -5.43. The average molecular weight is 905 g/mol. The first-order valence-corrected chi connectivity index (χ1v) is 22.1. The molecule has 338 valence electrons. The van der Waals surface area contributed by atoms with Crippen LogP contribution in [-0.4, -0.2) is 170 Å². The highest BCUT2D eigenvalue weighted by Gasteiger charge is 2.45. The van der Waals surface area contributed by atoms with Crippen LogP contribution in [0.15, 0.2) is 29.3 Å². The second-order valence-corrected chi connectivity index (χ2v) is 17.6. The number of benzene rings is 1. The Bertz CT molecular complexity index is 2070. The van der Waals surface area contributed by atoms with Gasteiger partial charge in [0.05, 0.1) is 43.4 Å².